The van der Waals surface area contributed by atoms with Crippen LogP contribution in [0.25, 0.3) is 0 Å². The summed E-state index contributed by atoms with van der Waals surface area (Å²) in [5.74, 6) is 0.965. The fourth-order valence-electron chi connectivity index (χ4n) is 2.75. The van der Waals surface area contributed by atoms with Crippen molar-refractivity contribution in [1.29, 1.82) is 0 Å². The summed E-state index contributed by atoms with van der Waals surface area (Å²) in [6, 6.07) is 0.851. The molecule has 1 N–H and O–H groups in total. The zero-order chi connectivity index (χ0) is 12.5. The van der Waals surface area contributed by atoms with Crippen LogP contribution < -0.4 is 5.32 Å². The molecule has 0 unspecified atom stereocenters. The smallest absolute Gasteiger partial charge is 0.0107 e. The van der Waals surface area contributed by atoms with E-state index in [0.717, 1.165) is 18.5 Å². The van der Waals surface area contributed by atoms with Crippen LogP contribution in [0.1, 0.15) is 58.8 Å². The van der Waals surface area contributed by atoms with Gasteiger partial charge in [-0.2, -0.15) is 0 Å². The molecular formula is C15H32N2. The van der Waals surface area contributed by atoms with Crippen molar-refractivity contribution < 1.29 is 0 Å². The number of rotatable bonds is 8. The van der Waals surface area contributed by atoms with Gasteiger partial charge in [0.1, 0.15) is 0 Å². The second kappa shape index (κ2) is 8.93. The van der Waals surface area contributed by atoms with Crippen LogP contribution in [-0.2, 0) is 0 Å². The Morgan fingerprint density at radius 3 is 2.41 bits per heavy atom. The van der Waals surface area contributed by atoms with Gasteiger partial charge in [0.05, 0.1) is 0 Å². The molecule has 17 heavy (non-hydrogen) atoms. The molecule has 0 aromatic rings. The number of likely N-dealkylation sites (N-methyl/N-ethyl adjacent to an activating group) is 1. The summed E-state index contributed by atoms with van der Waals surface area (Å²) in [6.45, 7) is 8.23. The van der Waals surface area contributed by atoms with Gasteiger partial charge in [-0.25, -0.2) is 0 Å². The van der Waals surface area contributed by atoms with Crippen molar-refractivity contribution >= 4 is 0 Å². The van der Waals surface area contributed by atoms with Crippen LogP contribution in [0.3, 0.4) is 0 Å². The SMILES string of the molecule is CCCCCNCCN(C)C1CCC(C)CC1. The van der Waals surface area contributed by atoms with Gasteiger partial charge in [-0.1, -0.05) is 26.7 Å². The molecule has 0 aromatic heterocycles. The standard InChI is InChI=1S/C15H32N2/c1-4-5-6-11-16-12-13-17(3)15-9-7-14(2)8-10-15/h14-16H,4-13H2,1-3H3. The second-order valence-corrected chi connectivity index (χ2v) is 5.85. The fraction of sp³-hybridized carbons (Fsp3) is 1.00. The molecule has 1 rings (SSSR count). The third kappa shape index (κ3) is 6.42. The maximum atomic E-state index is 3.56. The molecule has 1 saturated carbocycles. The number of hydrogen-bond acceptors (Lipinski definition) is 2. The van der Waals surface area contributed by atoms with E-state index in [1.165, 1.54) is 58.0 Å². The fourth-order valence-corrected chi connectivity index (χ4v) is 2.75. The topological polar surface area (TPSA) is 15.3 Å². The summed E-state index contributed by atoms with van der Waals surface area (Å²) in [4.78, 5) is 2.57. The van der Waals surface area contributed by atoms with Crippen LogP contribution in [0.2, 0.25) is 0 Å². The van der Waals surface area contributed by atoms with Crippen LogP contribution in [-0.4, -0.2) is 37.6 Å². The van der Waals surface area contributed by atoms with Crippen molar-refractivity contribution in [2.45, 2.75) is 64.8 Å². The third-order valence-corrected chi connectivity index (χ3v) is 4.21. The Labute approximate surface area is 108 Å². The van der Waals surface area contributed by atoms with Gasteiger partial charge >= 0.3 is 0 Å². The van der Waals surface area contributed by atoms with Gasteiger partial charge < -0.3 is 10.2 Å². The quantitative estimate of drug-likeness (QED) is 0.655. The largest absolute Gasteiger partial charge is 0.315 e. The molecule has 0 radical (unpaired) electrons. The molecule has 2 nitrogen and oxygen atoms in total. The molecule has 0 spiro atoms. The Morgan fingerprint density at radius 1 is 1.06 bits per heavy atom. The van der Waals surface area contributed by atoms with Crippen molar-refractivity contribution in [3.05, 3.63) is 0 Å². The van der Waals surface area contributed by atoms with Crippen LogP contribution in [0.5, 0.6) is 0 Å². The summed E-state index contributed by atoms with van der Waals surface area (Å²) in [6.07, 6.45) is 9.70. The average molecular weight is 240 g/mol. The molecule has 0 saturated heterocycles. The van der Waals surface area contributed by atoms with Gasteiger partial charge in [0.2, 0.25) is 0 Å². The summed E-state index contributed by atoms with van der Waals surface area (Å²) in [5.41, 5.74) is 0. The lowest BCUT2D eigenvalue weighted by Crippen LogP contribution is -2.39. The van der Waals surface area contributed by atoms with Gasteiger partial charge in [0.15, 0.2) is 0 Å². The number of unbranched alkanes of at least 4 members (excludes halogenated alkanes) is 2. The molecule has 0 heterocycles. The van der Waals surface area contributed by atoms with E-state index in [1.54, 1.807) is 0 Å². The van der Waals surface area contributed by atoms with Crippen LogP contribution in [0, 0.1) is 5.92 Å². The predicted octanol–water partition coefficient (Wildman–Crippen LogP) is 3.28. The van der Waals surface area contributed by atoms with E-state index in [9.17, 15) is 0 Å². The van der Waals surface area contributed by atoms with E-state index in [1.807, 2.05) is 0 Å². The molecule has 2 heteroatoms. The number of nitrogens with one attached hydrogen (secondary N) is 1. The summed E-state index contributed by atoms with van der Waals surface area (Å²) in [5, 5.41) is 3.56. The Hall–Kier alpha value is -0.0800. The highest BCUT2D eigenvalue weighted by atomic mass is 15.1. The van der Waals surface area contributed by atoms with E-state index >= 15 is 0 Å². The van der Waals surface area contributed by atoms with Crippen molar-refractivity contribution in [3.63, 3.8) is 0 Å². The molecule has 0 aromatic carbocycles. The maximum absolute atomic E-state index is 3.56. The van der Waals surface area contributed by atoms with Crippen molar-refractivity contribution in [2.24, 2.45) is 5.92 Å². The Morgan fingerprint density at radius 2 is 1.76 bits per heavy atom. The highest BCUT2D eigenvalue weighted by Gasteiger charge is 2.20. The minimum Gasteiger partial charge on any atom is -0.315 e. The normalized spacial score (nSPS) is 25.4. The Kier molecular flexibility index (Phi) is 7.87. The van der Waals surface area contributed by atoms with Gasteiger partial charge in [0.25, 0.3) is 0 Å². The molecule has 0 aliphatic heterocycles. The van der Waals surface area contributed by atoms with E-state index < -0.39 is 0 Å². The van der Waals surface area contributed by atoms with E-state index in [4.69, 9.17) is 0 Å². The highest BCUT2D eigenvalue weighted by Crippen LogP contribution is 2.26. The van der Waals surface area contributed by atoms with E-state index in [0.29, 0.717) is 0 Å². The number of nitrogens with zero attached hydrogens (tertiary/aromatic N) is 1. The van der Waals surface area contributed by atoms with E-state index in [-0.39, 0.29) is 0 Å². The summed E-state index contributed by atoms with van der Waals surface area (Å²) in [7, 11) is 2.30. The molecule has 0 amide bonds. The molecule has 1 aliphatic rings. The lowest BCUT2D eigenvalue weighted by Gasteiger charge is -2.33. The summed E-state index contributed by atoms with van der Waals surface area (Å²) >= 11 is 0. The van der Waals surface area contributed by atoms with Gasteiger partial charge in [-0.15, -0.1) is 0 Å². The molecule has 1 aliphatic carbocycles. The summed E-state index contributed by atoms with van der Waals surface area (Å²) < 4.78 is 0. The van der Waals surface area contributed by atoms with Crippen LogP contribution in [0.15, 0.2) is 0 Å². The minimum atomic E-state index is 0.851. The molecule has 102 valence electrons. The lowest BCUT2D eigenvalue weighted by molar-refractivity contribution is 0.171. The monoisotopic (exact) mass is 240 g/mol. The highest BCUT2D eigenvalue weighted by molar-refractivity contribution is 4.76. The third-order valence-electron chi connectivity index (χ3n) is 4.21. The second-order valence-electron chi connectivity index (χ2n) is 5.85. The van der Waals surface area contributed by atoms with Gasteiger partial charge in [-0.3, -0.25) is 0 Å². The zero-order valence-electron chi connectivity index (χ0n) is 12.2. The molecule has 0 bridgehead atoms. The first-order valence-electron chi connectivity index (χ1n) is 7.65. The first-order chi connectivity index (χ1) is 8.24. The van der Waals surface area contributed by atoms with Crippen LogP contribution in [0.4, 0.5) is 0 Å². The first-order valence-corrected chi connectivity index (χ1v) is 7.65. The maximum Gasteiger partial charge on any atom is 0.0107 e. The first kappa shape index (κ1) is 15.0. The predicted molar refractivity (Wildman–Crippen MR) is 76.4 cm³/mol. The lowest BCUT2D eigenvalue weighted by atomic mass is 9.87. The number of hydrogen-bond donors (Lipinski definition) is 1. The Balaban J connectivity index is 1.99. The van der Waals surface area contributed by atoms with Gasteiger partial charge in [-0.05, 0) is 51.6 Å². The molecule has 0 atom stereocenters. The van der Waals surface area contributed by atoms with Gasteiger partial charge in [0, 0.05) is 19.1 Å². The van der Waals surface area contributed by atoms with E-state index in [2.05, 4.69) is 31.1 Å². The van der Waals surface area contributed by atoms with Crippen molar-refractivity contribution in [3.8, 4) is 0 Å². The van der Waals surface area contributed by atoms with Crippen LogP contribution >= 0.6 is 0 Å². The average Bonchev–Trinajstić information content (AvgIpc) is 2.34. The minimum absolute atomic E-state index is 0.851. The van der Waals surface area contributed by atoms with Crippen molar-refractivity contribution in [2.75, 3.05) is 26.7 Å². The molecular weight excluding hydrogens is 208 g/mol. The molecule has 1 fully saturated rings. The zero-order valence-corrected chi connectivity index (χ0v) is 12.2. The Bertz CT molecular complexity index is 174. The van der Waals surface area contributed by atoms with Crippen molar-refractivity contribution in [1.82, 2.24) is 10.2 Å².